The van der Waals surface area contributed by atoms with Crippen LogP contribution >= 0.6 is 0 Å². The molecule has 0 aromatic carbocycles. The van der Waals surface area contributed by atoms with Gasteiger partial charge in [-0.05, 0) is 130 Å². The summed E-state index contributed by atoms with van der Waals surface area (Å²) in [4.78, 5) is 35.1. The van der Waals surface area contributed by atoms with Crippen LogP contribution in [0.1, 0.15) is 70.1 Å². The third-order valence-corrected chi connectivity index (χ3v) is 10.1. The molecule has 6 aromatic rings. The third-order valence-electron chi connectivity index (χ3n) is 10.1. The summed E-state index contributed by atoms with van der Waals surface area (Å²) >= 11 is 0. The molecule has 0 amide bonds. The molecule has 0 spiro atoms. The van der Waals surface area contributed by atoms with E-state index in [2.05, 4.69) is 63.1 Å². The van der Waals surface area contributed by atoms with Gasteiger partial charge < -0.3 is 15.0 Å². The number of H-pyrrole nitrogens is 3. The number of aromatic nitrogens is 9. The standard InChI is InChI=1S/3C13H15N3/c3*1-2-11-4-3-10(7-13(11)15-5-1)6-12-8-14-9-16-12/h3*1-2,5,8-10H,3-4,6-7H2,(H,14,16)/t2*10-;/m10./s1. The number of aromatic amines is 3. The van der Waals surface area contributed by atoms with E-state index in [9.17, 15) is 0 Å². The Labute approximate surface area is 282 Å². The molecule has 48 heavy (non-hydrogen) atoms. The van der Waals surface area contributed by atoms with Crippen molar-refractivity contribution in [2.24, 2.45) is 17.8 Å². The maximum Gasteiger partial charge on any atom is 0.0921 e. The molecule has 0 aliphatic heterocycles. The molecule has 3 N–H and O–H groups in total. The fourth-order valence-electron chi connectivity index (χ4n) is 7.50. The number of fused-ring (bicyclic) bond motifs is 3. The van der Waals surface area contributed by atoms with Gasteiger partial charge in [0.25, 0.3) is 0 Å². The Hall–Kier alpha value is -4.92. The Bertz CT molecular complexity index is 1600. The van der Waals surface area contributed by atoms with E-state index in [1.807, 2.05) is 55.4 Å². The lowest BCUT2D eigenvalue weighted by molar-refractivity contribution is 0.445. The van der Waals surface area contributed by atoms with Crippen LogP contribution in [0, 0.1) is 17.8 Å². The second kappa shape index (κ2) is 15.8. The van der Waals surface area contributed by atoms with Gasteiger partial charge in [-0.25, -0.2) is 15.0 Å². The van der Waals surface area contributed by atoms with Gasteiger partial charge in [-0.1, -0.05) is 18.2 Å². The van der Waals surface area contributed by atoms with Crippen molar-refractivity contribution in [2.75, 3.05) is 0 Å². The van der Waals surface area contributed by atoms with Crippen molar-refractivity contribution in [1.29, 1.82) is 0 Å². The minimum Gasteiger partial charge on any atom is -0.348 e. The molecule has 0 fully saturated rings. The Morgan fingerprint density at radius 2 is 0.812 bits per heavy atom. The van der Waals surface area contributed by atoms with Crippen molar-refractivity contribution in [2.45, 2.75) is 77.0 Å². The number of hydrogen-bond donors (Lipinski definition) is 3. The molecule has 0 bridgehead atoms. The summed E-state index contributed by atoms with van der Waals surface area (Å²) in [5, 5.41) is 0. The van der Waals surface area contributed by atoms with Crippen molar-refractivity contribution < 1.29 is 0 Å². The maximum atomic E-state index is 4.47. The second-order valence-electron chi connectivity index (χ2n) is 13.5. The lowest BCUT2D eigenvalue weighted by Crippen LogP contribution is -2.17. The normalized spacial score (nSPS) is 19.4. The van der Waals surface area contributed by atoms with Crippen LogP contribution in [0.4, 0.5) is 0 Å². The number of imidazole rings is 3. The molecule has 6 heterocycles. The maximum absolute atomic E-state index is 4.47. The van der Waals surface area contributed by atoms with E-state index < -0.39 is 0 Å². The molecule has 9 heteroatoms. The predicted molar refractivity (Wildman–Crippen MR) is 186 cm³/mol. The molecule has 3 atom stereocenters. The molecule has 1 unspecified atom stereocenters. The number of nitrogens with one attached hydrogen (secondary N) is 3. The fourth-order valence-corrected chi connectivity index (χ4v) is 7.50. The fraction of sp³-hybridized carbons (Fsp3) is 0.385. The van der Waals surface area contributed by atoms with Gasteiger partial charge in [-0.2, -0.15) is 0 Å². The molecule has 0 saturated heterocycles. The second-order valence-corrected chi connectivity index (χ2v) is 13.5. The molecule has 246 valence electrons. The molecular weight excluding hydrogens is 594 g/mol. The van der Waals surface area contributed by atoms with Crippen LogP contribution in [0.3, 0.4) is 0 Å². The summed E-state index contributed by atoms with van der Waals surface area (Å²) in [6, 6.07) is 12.7. The first-order valence-corrected chi connectivity index (χ1v) is 17.4. The molecule has 3 aliphatic carbocycles. The average molecular weight is 640 g/mol. The number of nitrogens with zero attached hydrogens (tertiary/aromatic N) is 6. The average Bonchev–Trinajstić information content (AvgIpc) is 3.95. The predicted octanol–water partition coefficient (Wildman–Crippen LogP) is 6.46. The quantitative estimate of drug-likeness (QED) is 0.192. The lowest BCUT2D eigenvalue weighted by Gasteiger charge is -2.22. The highest BCUT2D eigenvalue weighted by Gasteiger charge is 2.22. The number of rotatable bonds is 6. The molecule has 0 radical (unpaired) electrons. The van der Waals surface area contributed by atoms with Crippen LogP contribution < -0.4 is 0 Å². The van der Waals surface area contributed by atoms with Gasteiger partial charge in [0, 0.05) is 71.3 Å². The van der Waals surface area contributed by atoms with E-state index in [4.69, 9.17) is 0 Å². The Balaban J connectivity index is 0.000000114. The Morgan fingerprint density at radius 1 is 0.479 bits per heavy atom. The first-order chi connectivity index (χ1) is 23.7. The summed E-state index contributed by atoms with van der Waals surface area (Å²) in [5.74, 6) is 2.13. The zero-order chi connectivity index (χ0) is 32.4. The van der Waals surface area contributed by atoms with E-state index >= 15 is 0 Å². The summed E-state index contributed by atoms with van der Waals surface area (Å²) < 4.78 is 0. The van der Waals surface area contributed by atoms with Crippen LogP contribution in [-0.2, 0) is 57.8 Å². The molecule has 3 aliphatic rings. The molecule has 0 saturated carbocycles. The van der Waals surface area contributed by atoms with Gasteiger partial charge in [0.2, 0.25) is 0 Å². The minimum absolute atomic E-state index is 0.711. The largest absolute Gasteiger partial charge is 0.348 e. The topological polar surface area (TPSA) is 125 Å². The number of hydrogen-bond acceptors (Lipinski definition) is 6. The smallest absolute Gasteiger partial charge is 0.0921 e. The number of pyridine rings is 3. The van der Waals surface area contributed by atoms with Crippen LogP contribution in [-0.4, -0.2) is 44.9 Å². The summed E-state index contributed by atoms with van der Waals surface area (Å²) in [6.07, 6.45) is 30.6. The van der Waals surface area contributed by atoms with E-state index in [0.717, 1.165) is 38.5 Å². The molecule has 9 rings (SSSR count). The summed E-state index contributed by atoms with van der Waals surface area (Å²) in [7, 11) is 0. The van der Waals surface area contributed by atoms with Crippen molar-refractivity contribution >= 4 is 0 Å². The summed E-state index contributed by atoms with van der Waals surface area (Å²) in [6.45, 7) is 0. The van der Waals surface area contributed by atoms with Crippen LogP contribution in [0.25, 0.3) is 0 Å². The molecule has 9 nitrogen and oxygen atoms in total. The van der Waals surface area contributed by atoms with Gasteiger partial charge in [0.15, 0.2) is 0 Å². The van der Waals surface area contributed by atoms with Crippen molar-refractivity contribution in [1.82, 2.24) is 44.9 Å². The SMILES string of the molecule is c1cnc2c(c1)CCC(Cc1cnc[nH]1)C2.c1cnc2c(c1)CC[C@@H](Cc1cnc[nH]1)C2.c1cnc2c(c1)CC[C@H](Cc1cnc[nH]1)C2. The van der Waals surface area contributed by atoms with Crippen molar-refractivity contribution in [3.05, 3.63) is 143 Å². The first-order valence-electron chi connectivity index (χ1n) is 17.4. The van der Waals surface area contributed by atoms with Gasteiger partial charge in [-0.3, -0.25) is 15.0 Å². The molecule has 6 aromatic heterocycles. The highest BCUT2D eigenvalue weighted by molar-refractivity contribution is 5.25. The third kappa shape index (κ3) is 8.51. The highest BCUT2D eigenvalue weighted by Crippen LogP contribution is 2.28. The van der Waals surface area contributed by atoms with Crippen LogP contribution in [0.2, 0.25) is 0 Å². The van der Waals surface area contributed by atoms with Gasteiger partial charge in [-0.15, -0.1) is 0 Å². The van der Waals surface area contributed by atoms with E-state index in [-0.39, 0.29) is 0 Å². The molecular formula is C39H45N9. The van der Waals surface area contributed by atoms with E-state index in [1.54, 1.807) is 19.0 Å². The highest BCUT2D eigenvalue weighted by atomic mass is 14.9. The van der Waals surface area contributed by atoms with Crippen molar-refractivity contribution in [3.8, 4) is 0 Å². The van der Waals surface area contributed by atoms with Crippen molar-refractivity contribution in [3.63, 3.8) is 0 Å². The van der Waals surface area contributed by atoms with Gasteiger partial charge in [0.05, 0.1) is 19.0 Å². The minimum atomic E-state index is 0.711. The van der Waals surface area contributed by atoms with Gasteiger partial charge >= 0.3 is 0 Å². The lowest BCUT2D eigenvalue weighted by atomic mass is 9.84. The number of aryl methyl sites for hydroxylation is 3. The van der Waals surface area contributed by atoms with Crippen LogP contribution in [0.15, 0.2) is 92.6 Å². The Morgan fingerprint density at radius 3 is 1.10 bits per heavy atom. The van der Waals surface area contributed by atoms with E-state index in [1.165, 1.54) is 89.4 Å². The zero-order valence-corrected chi connectivity index (χ0v) is 27.6. The first kappa shape index (κ1) is 31.7. The van der Waals surface area contributed by atoms with E-state index in [0.29, 0.717) is 17.8 Å². The monoisotopic (exact) mass is 639 g/mol. The summed E-state index contributed by atoms with van der Waals surface area (Å²) in [5.41, 5.74) is 11.9. The Kier molecular flexibility index (Phi) is 10.4. The van der Waals surface area contributed by atoms with Crippen LogP contribution in [0.5, 0.6) is 0 Å². The van der Waals surface area contributed by atoms with Gasteiger partial charge in [0.1, 0.15) is 0 Å². The zero-order valence-electron chi connectivity index (χ0n) is 27.6.